The van der Waals surface area contributed by atoms with Crippen molar-refractivity contribution in [3.63, 3.8) is 0 Å². The first-order valence-electron chi connectivity index (χ1n) is 26.1. The van der Waals surface area contributed by atoms with Gasteiger partial charge in [-0.25, -0.2) is 33.2 Å². The summed E-state index contributed by atoms with van der Waals surface area (Å²) in [6.07, 6.45) is -0.494. The number of nitrogens with one attached hydrogen (secondary N) is 2. The van der Waals surface area contributed by atoms with Gasteiger partial charge in [0.2, 0.25) is 0 Å². The molecular weight excluding hydrogens is 1150 g/mol. The first kappa shape index (κ1) is 65.0. The van der Waals surface area contributed by atoms with Crippen LogP contribution in [0.5, 0.6) is 11.5 Å². The summed E-state index contributed by atoms with van der Waals surface area (Å²) in [4.78, 5) is 37.7. The van der Waals surface area contributed by atoms with Crippen molar-refractivity contribution < 1.29 is 66.6 Å². The highest BCUT2D eigenvalue weighted by atomic mass is 35.7. The molecule has 0 radical (unpaired) electrons. The van der Waals surface area contributed by atoms with Crippen LogP contribution in [0.1, 0.15) is 90.8 Å². The largest absolute Gasteiger partial charge is 0.465 e. The quantitative estimate of drug-likeness (QED) is 0.00765. The first-order chi connectivity index (χ1) is 39.6. The van der Waals surface area contributed by atoms with Gasteiger partial charge in [0, 0.05) is 21.1 Å². The van der Waals surface area contributed by atoms with Crippen LogP contribution in [0.2, 0.25) is 0 Å². The van der Waals surface area contributed by atoms with Gasteiger partial charge < -0.3 is 54.8 Å². The molecule has 30 nitrogen and oxygen atoms in total. The molecule has 0 amide bonds. The van der Waals surface area contributed by atoms with E-state index >= 15 is 0 Å². The Morgan fingerprint density at radius 1 is 0.735 bits per heavy atom. The van der Waals surface area contributed by atoms with Crippen molar-refractivity contribution in [2.24, 2.45) is 10.2 Å². The topological polar surface area (TPSA) is 428 Å². The van der Waals surface area contributed by atoms with Gasteiger partial charge in [0.1, 0.15) is 82.8 Å². The number of halogens is 1. The van der Waals surface area contributed by atoms with E-state index in [-0.39, 0.29) is 18.2 Å². The van der Waals surface area contributed by atoms with Crippen molar-refractivity contribution in [3.05, 3.63) is 130 Å². The molecule has 2 aromatic carbocycles. The van der Waals surface area contributed by atoms with Gasteiger partial charge in [0.25, 0.3) is 0 Å². The fraction of sp³-hybridized carbons (Fsp3) is 0.480. The minimum atomic E-state index is -4.24. The molecule has 448 valence electrons. The normalized spacial score (nSPS) is 24.0. The number of nitrogens with zero attached hydrogens (tertiary/aromatic N) is 12. The molecule has 0 bridgehead atoms. The molecule has 4 aromatic heterocycles. The van der Waals surface area contributed by atoms with Crippen molar-refractivity contribution in [2.75, 3.05) is 37.9 Å². The first-order valence-corrected chi connectivity index (χ1v) is 30.1. The van der Waals surface area contributed by atoms with Crippen LogP contribution in [-0.4, -0.2) is 130 Å². The number of aliphatic hydroxyl groups is 3. The maximum atomic E-state index is 13.9. The lowest BCUT2D eigenvalue weighted by atomic mass is 9.88. The molecule has 4 unspecified atom stereocenters. The van der Waals surface area contributed by atoms with Crippen molar-refractivity contribution >= 4 is 60.5 Å². The van der Waals surface area contributed by atoms with Gasteiger partial charge in [-0.3, -0.25) is 14.1 Å². The number of aromatic nitrogens is 6. The highest BCUT2D eigenvalue weighted by Gasteiger charge is 2.56. The van der Waals surface area contributed by atoms with Crippen molar-refractivity contribution in [1.82, 2.24) is 39.4 Å². The number of para-hydroxylation sites is 2. The number of fused-ring (bicyclic) bond motifs is 2. The number of hydrogen-bond donors (Lipinski definition) is 7. The number of azide groups is 2. The summed E-state index contributed by atoms with van der Waals surface area (Å²) < 4.78 is 67.5. The van der Waals surface area contributed by atoms with Gasteiger partial charge in [0.05, 0.1) is 50.0 Å². The number of ether oxygens (including phenoxy) is 4. The monoisotopic (exact) mass is 1210 g/mol. The van der Waals surface area contributed by atoms with E-state index in [2.05, 4.69) is 50.4 Å². The highest BCUT2D eigenvalue weighted by Crippen LogP contribution is 2.51. The van der Waals surface area contributed by atoms with Crippen LogP contribution < -0.4 is 30.7 Å². The Morgan fingerprint density at radius 3 is 1.61 bits per heavy atom. The third-order valence-electron chi connectivity index (χ3n) is 13.1. The average Bonchev–Trinajstić information content (AvgIpc) is 2.45. The predicted molar refractivity (Wildman–Crippen MR) is 302 cm³/mol. The van der Waals surface area contributed by atoms with Crippen LogP contribution in [-0.2, 0) is 42.2 Å². The standard InChI is InChI=1S/C25H33N8O7P.C13H19ClNO4P.C12H15N7O3/c1-4-5-13-37-24(35)16(2)30-41(36,40-17-9-7-6-8-10-17)38-14-20-21(34)25(3,31-32-27)22(39-20)18-11-12-19-23(26)28-15-29-33(18)19;1-3-4-10-18-13(16)11(2)15-20(14,17)19-12-8-6-5-7-9-12;1-12(17-18-14)9(21)8(4-20)22-10(12)6-2-3-7-11(13)15-5-16-19(6)7/h6-12,15-16,20-22,34H,4-5,13-14H2,1-3H3,(H,30,36)(H2,26,28,29);5-9,11H,3-4,10H2,1-2H3,(H,15,17);2-3,5,8-10,20-21H,4H2,1H3,(H2,13,15,16)/t16-,20+,21+,22?,25+,41?;11-,20?;8-,9-,10?,12-/m001/s1. The van der Waals surface area contributed by atoms with E-state index < -0.39 is 99.6 Å². The number of nitrogen functional groups attached to an aromatic ring is 2. The fourth-order valence-corrected chi connectivity index (χ4v) is 11.8. The summed E-state index contributed by atoms with van der Waals surface area (Å²) in [5.74, 6) is -0.0302. The molecule has 0 saturated carbocycles. The van der Waals surface area contributed by atoms with Gasteiger partial charge in [0.15, 0.2) is 11.6 Å². The molecule has 6 heterocycles. The van der Waals surface area contributed by atoms with E-state index in [1.165, 1.54) is 42.5 Å². The van der Waals surface area contributed by atoms with Crippen LogP contribution in [0.3, 0.4) is 0 Å². The summed E-state index contributed by atoms with van der Waals surface area (Å²) in [5.41, 5.74) is 29.1. The van der Waals surface area contributed by atoms with Gasteiger partial charge in [-0.2, -0.15) is 15.3 Å². The lowest BCUT2D eigenvalue weighted by Crippen LogP contribution is -2.42. The maximum Gasteiger partial charge on any atom is 0.459 e. The molecule has 9 N–H and O–H groups in total. The van der Waals surface area contributed by atoms with E-state index in [4.69, 9.17) is 60.8 Å². The number of nitrogens with two attached hydrogens (primary N) is 2. The number of carbonyl (C=O) groups is 2. The minimum Gasteiger partial charge on any atom is -0.465 e. The number of unbranched alkanes of at least 4 members (excludes halogenated alkanes) is 2. The Hall–Kier alpha value is -7.13. The van der Waals surface area contributed by atoms with Crippen LogP contribution in [0.15, 0.2) is 108 Å². The third kappa shape index (κ3) is 16.2. The van der Waals surface area contributed by atoms with Gasteiger partial charge in [-0.15, -0.1) is 0 Å². The Bertz CT molecular complexity index is 3320. The number of carbonyl (C=O) groups excluding carboxylic acids is 2. The zero-order chi connectivity index (χ0) is 60.5. The fourth-order valence-electron chi connectivity index (χ4n) is 8.59. The smallest absolute Gasteiger partial charge is 0.459 e. The molecule has 0 spiro atoms. The summed E-state index contributed by atoms with van der Waals surface area (Å²) >= 11 is 5.79. The van der Waals surface area contributed by atoms with E-state index in [1.807, 2.05) is 13.8 Å². The Kier molecular flexibility index (Phi) is 23.0. The number of esters is 2. The van der Waals surface area contributed by atoms with Crippen LogP contribution in [0.25, 0.3) is 31.9 Å². The summed E-state index contributed by atoms with van der Waals surface area (Å²) in [5, 5.41) is 51.9. The van der Waals surface area contributed by atoms with E-state index in [0.717, 1.165) is 19.3 Å². The zero-order valence-electron chi connectivity index (χ0n) is 46.1. The third-order valence-corrected chi connectivity index (χ3v) is 16.4. The molecule has 0 aliphatic carbocycles. The molecule has 6 aromatic rings. The molecule has 12 atom stereocenters. The van der Waals surface area contributed by atoms with Crippen LogP contribution >= 0.6 is 25.9 Å². The highest BCUT2D eigenvalue weighted by molar-refractivity contribution is 7.84. The Morgan fingerprint density at radius 2 is 1.17 bits per heavy atom. The van der Waals surface area contributed by atoms with Crippen molar-refractivity contribution in [2.45, 2.75) is 127 Å². The van der Waals surface area contributed by atoms with Crippen LogP contribution in [0.4, 0.5) is 11.6 Å². The maximum absolute atomic E-state index is 13.9. The lowest BCUT2D eigenvalue weighted by molar-refractivity contribution is -0.146. The molecule has 2 fully saturated rings. The number of aliphatic hydroxyl groups excluding tert-OH is 3. The average molecular weight is 1210 g/mol. The van der Waals surface area contributed by atoms with Gasteiger partial charge in [-0.05, 0) is 100 Å². The van der Waals surface area contributed by atoms with Crippen molar-refractivity contribution in [3.8, 4) is 11.5 Å². The molecular formula is C50H67ClN16O14P2. The molecule has 2 saturated heterocycles. The second kappa shape index (κ2) is 29.4. The second-order valence-corrected chi connectivity index (χ2v) is 23.7. The Balaban J connectivity index is 0.000000221. The number of hydrogen-bond acceptors (Lipinski definition) is 22. The summed E-state index contributed by atoms with van der Waals surface area (Å²) in [7, 11) is -4.24. The zero-order valence-corrected chi connectivity index (χ0v) is 48.7. The number of rotatable bonds is 24. The van der Waals surface area contributed by atoms with Crippen molar-refractivity contribution in [1.29, 1.82) is 0 Å². The summed E-state index contributed by atoms with van der Waals surface area (Å²) in [6.45, 7) is 6.12. The van der Waals surface area contributed by atoms with E-state index in [0.29, 0.717) is 47.0 Å². The molecule has 2 aliphatic rings. The molecule has 83 heavy (non-hydrogen) atoms. The van der Waals surface area contributed by atoms with Gasteiger partial charge in [-0.1, -0.05) is 73.3 Å². The summed E-state index contributed by atoms with van der Waals surface area (Å²) in [6, 6.07) is 21.7. The molecule has 2 aliphatic heterocycles. The lowest BCUT2D eigenvalue weighted by Gasteiger charge is -2.27. The number of benzene rings is 2. The molecule has 8 rings (SSSR count). The van der Waals surface area contributed by atoms with E-state index in [9.17, 15) is 39.6 Å². The van der Waals surface area contributed by atoms with Gasteiger partial charge >= 0.3 is 26.6 Å². The second-order valence-electron chi connectivity index (χ2n) is 19.2. The van der Waals surface area contributed by atoms with Crippen LogP contribution in [0, 0.1) is 0 Å². The number of anilines is 2. The SMILES string of the molecule is CCCCOC(=O)[C@H](C)NP(=O)(Cl)Oc1ccccc1.CCCCOC(=O)[C@H](C)NP(=O)(OC[C@H]1OC(c2ccc3c(N)ncnn23)[C@](C)(N=[N+]=[N-])[C@@H]1O)Oc1ccccc1.C[C@]1(N=[N+]=[N-])C(c2ccc3c(N)ncnn23)O[C@H](CO)[C@H]1O. The predicted octanol–water partition coefficient (Wildman–Crippen LogP) is 7.61. The molecule has 33 heteroatoms. The Labute approximate surface area is 481 Å². The van der Waals surface area contributed by atoms with E-state index in [1.54, 1.807) is 91.9 Å². The minimum absolute atomic E-state index is 0.219.